The van der Waals surface area contributed by atoms with Crippen molar-refractivity contribution >= 4 is 5.91 Å². The van der Waals surface area contributed by atoms with Gasteiger partial charge in [0.1, 0.15) is 5.75 Å². The summed E-state index contributed by atoms with van der Waals surface area (Å²) in [7, 11) is 0. The summed E-state index contributed by atoms with van der Waals surface area (Å²) >= 11 is 0. The third-order valence-corrected chi connectivity index (χ3v) is 4.54. The van der Waals surface area contributed by atoms with E-state index in [-0.39, 0.29) is 0 Å². The molecule has 0 aliphatic rings. The molecule has 144 valence electrons. The third-order valence-electron chi connectivity index (χ3n) is 4.54. The van der Waals surface area contributed by atoms with E-state index in [0.29, 0.717) is 29.3 Å². The molecule has 0 saturated carbocycles. The maximum Gasteiger partial charge on any atom is 0.250 e. The number of aromatic nitrogens is 1. The number of benzene rings is 2. The van der Waals surface area contributed by atoms with E-state index in [1.165, 1.54) is 17.3 Å². The van der Waals surface area contributed by atoms with Crippen LogP contribution in [0.1, 0.15) is 41.4 Å². The minimum atomic E-state index is -0.507. The summed E-state index contributed by atoms with van der Waals surface area (Å²) in [5, 5.41) is 3.63. The number of nitrogens with one attached hydrogen (secondary N) is 1. The number of carbonyl (C=O) groups excluding carboxylic acids is 1. The van der Waals surface area contributed by atoms with Crippen LogP contribution in [0, 0.1) is 0 Å². The van der Waals surface area contributed by atoms with Crippen molar-refractivity contribution in [3.8, 4) is 11.6 Å². The minimum Gasteiger partial charge on any atom is -0.439 e. The molecular formula is C23H25N3O2. The molecule has 1 heterocycles. The molecule has 0 bridgehead atoms. The summed E-state index contributed by atoms with van der Waals surface area (Å²) in [6.45, 7) is 4.37. The SMILES string of the molecule is CC(Cc1ccc(Oc2ccc(C(N)=O)cn2)cc1)NC(C)c1ccccc1. The first-order chi connectivity index (χ1) is 13.5. The van der Waals surface area contributed by atoms with Gasteiger partial charge in [-0.25, -0.2) is 4.98 Å². The molecule has 3 N–H and O–H groups in total. The van der Waals surface area contributed by atoms with Crippen molar-refractivity contribution in [1.82, 2.24) is 10.3 Å². The third kappa shape index (κ3) is 5.41. The van der Waals surface area contributed by atoms with Crippen LogP contribution in [-0.2, 0) is 6.42 Å². The zero-order valence-electron chi connectivity index (χ0n) is 16.1. The molecule has 2 unspecified atom stereocenters. The lowest BCUT2D eigenvalue weighted by molar-refractivity contribution is 0.1000. The summed E-state index contributed by atoms with van der Waals surface area (Å²) in [6.07, 6.45) is 2.33. The van der Waals surface area contributed by atoms with Gasteiger partial charge in [-0.2, -0.15) is 0 Å². The number of rotatable bonds is 8. The first-order valence-electron chi connectivity index (χ1n) is 9.35. The molecule has 2 atom stereocenters. The van der Waals surface area contributed by atoms with Crippen LogP contribution in [-0.4, -0.2) is 16.9 Å². The fourth-order valence-electron chi connectivity index (χ4n) is 3.08. The van der Waals surface area contributed by atoms with Crippen LogP contribution >= 0.6 is 0 Å². The van der Waals surface area contributed by atoms with Crippen molar-refractivity contribution in [2.24, 2.45) is 5.73 Å². The highest BCUT2D eigenvalue weighted by Gasteiger charge is 2.10. The Balaban J connectivity index is 1.54. The van der Waals surface area contributed by atoms with E-state index < -0.39 is 5.91 Å². The van der Waals surface area contributed by atoms with Gasteiger partial charge in [-0.1, -0.05) is 42.5 Å². The highest BCUT2D eigenvalue weighted by molar-refractivity contribution is 5.92. The Bertz CT molecular complexity index is 893. The maximum absolute atomic E-state index is 11.1. The predicted molar refractivity (Wildman–Crippen MR) is 110 cm³/mol. The number of nitrogens with zero attached hydrogens (tertiary/aromatic N) is 1. The molecule has 0 aliphatic heterocycles. The highest BCUT2D eigenvalue weighted by Crippen LogP contribution is 2.21. The second-order valence-electron chi connectivity index (χ2n) is 6.90. The summed E-state index contributed by atoms with van der Waals surface area (Å²) in [4.78, 5) is 15.2. The van der Waals surface area contributed by atoms with Crippen LogP contribution in [0.15, 0.2) is 72.9 Å². The van der Waals surface area contributed by atoms with Crippen molar-refractivity contribution in [1.29, 1.82) is 0 Å². The van der Waals surface area contributed by atoms with E-state index >= 15 is 0 Å². The van der Waals surface area contributed by atoms with Gasteiger partial charge in [0.15, 0.2) is 0 Å². The second-order valence-corrected chi connectivity index (χ2v) is 6.90. The van der Waals surface area contributed by atoms with E-state index in [0.717, 1.165) is 6.42 Å². The smallest absolute Gasteiger partial charge is 0.250 e. The van der Waals surface area contributed by atoms with E-state index in [1.807, 2.05) is 18.2 Å². The summed E-state index contributed by atoms with van der Waals surface area (Å²) in [5.41, 5.74) is 8.08. The lowest BCUT2D eigenvalue weighted by Gasteiger charge is -2.20. The second kappa shape index (κ2) is 9.15. The average molecular weight is 375 g/mol. The van der Waals surface area contributed by atoms with Gasteiger partial charge < -0.3 is 15.8 Å². The Morgan fingerprint density at radius 1 is 1.04 bits per heavy atom. The number of carbonyl (C=O) groups is 1. The topological polar surface area (TPSA) is 77.2 Å². The Labute approximate surface area is 165 Å². The van der Waals surface area contributed by atoms with Crippen LogP contribution in [0.5, 0.6) is 11.6 Å². The molecule has 28 heavy (non-hydrogen) atoms. The Kier molecular flexibility index (Phi) is 6.40. The largest absolute Gasteiger partial charge is 0.439 e. The number of nitrogens with two attached hydrogens (primary N) is 1. The molecule has 3 rings (SSSR count). The van der Waals surface area contributed by atoms with Gasteiger partial charge in [-0.05, 0) is 49.6 Å². The molecule has 3 aromatic rings. The number of hydrogen-bond acceptors (Lipinski definition) is 4. The van der Waals surface area contributed by atoms with Crippen molar-refractivity contribution in [3.05, 3.63) is 89.6 Å². The van der Waals surface area contributed by atoms with E-state index in [2.05, 4.69) is 60.5 Å². The zero-order valence-corrected chi connectivity index (χ0v) is 16.1. The lowest BCUT2D eigenvalue weighted by Crippen LogP contribution is -2.30. The fourth-order valence-corrected chi connectivity index (χ4v) is 3.08. The molecule has 0 spiro atoms. The van der Waals surface area contributed by atoms with Crippen molar-refractivity contribution in [2.45, 2.75) is 32.4 Å². The molecule has 5 heteroatoms. The van der Waals surface area contributed by atoms with E-state index in [9.17, 15) is 4.79 Å². The molecule has 5 nitrogen and oxygen atoms in total. The molecule has 0 aliphatic carbocycles. The number of amides is 1. The average Bonchev–Trinajstić information content (AvgIpc) is 2.70. The molecule has 0 fully saturated rings. The van der Waals surface area contributed by atoms with Crippen LogP contribution in [0.3, 0.4) is 0 Å². The van der Waals surface area contributed by atoms with E-state index in [4.69, 9.17) is 10.5 Å². The highest BCUT2D eigenvalue weighted by atomic mass is 16.5. The Hall–Kier alpha value is -3.18. The van der Waals surface area contributed by atoms with Gasteiger partial charge >= 0.3 is 0 Å². The zero-order chi connectivity index (χ0) is 19.9. The Morgan fingerprint density at radius 3 is 2.36 bits per heavy atom. The number of primary amides is 1. The molecule has 2 aromatic carbocycles. The standard InChI is InChI=1S/C23H25N3O2/c1-16(26-17(2)19-6-4-3-5-7-19)14-18-8-11-21(12-9-18)28-22-13-10-20(15-25-22)23(24)27/h3-13,15-17,26H,14H2,1-2H3,(H2,24,27). The van der Waals surface area contributed by atoms with Crippen LogP contribution < -0.4 is 15.8 Å². The first kappa shape index (κ1) is 19.6. The Morgan fingerprint density at radius 2 is 1.75 bits per heavy atom. The summed E-state index contributed by atoms with van der Waals surface area (Å²) < 4.78 is 5.72. The van der Waals surface area contributed by atoms with Gasteiger partial charge in [0.25, 0.3) is 0 Å². The molecular weight excluding hydrogens is 350 g/mol. The maximum atomic E-state index is 11.1. The van der Waals surface area contributed by atoms with E-state index in [1.54, 1.807) is 12.1 Å². The van der Waals surface area contributed by atoms with Crippen molar-refractivity contribution in [2.75, 3.05) is 0 Å². The van der Waals surface area contributed by atoms with Gasteiger partial charge in [0, 0.05) is 24.3 Å². The van der Waals surface area contributed by atoms with Gasteiger partial charge in [0.2, 0.25) is 11.8 Å². The van der Waals surface area contributed by atoms with Crippen molar-refractivity contribution in [3.63, 3.8) is 0 Å². The molecule has 1 aromatic heterocycles. The quantitative estimate of drug-likeness (QED) is 0.617. The van der Waals surface area contributed by atoms with Crippen LogP contribution in [0.2, 0.25) is 0 Å². The summed E-state index contributed by atoms with van der Waals surface area (Å²) in [6, 6.07) is 22.3. The van der Waals surface area contributed by atoms with Crippen LogP contribution in [0.25, 0.3) is 0 Å². The normalized spacial score (nSPS) is 12.9. The predicted octanol–water partition coefficient (Wildman–Crippen LogP) is 4.25. The van der Waals surface area contributed by atoms with Gasteiger partial charge in [-0.15, -0.1) is 0 Å². The van der Waals surface area contributed by atoms with Crippen molar-refractivity contribution < 1.29 is 9.53 Å². The fraction of sp³-hybridized carbons (Fsp3) is 0.217. The number of hydrogen-bond donors (Lipinski definition) is 2. The number of ether oxygens (including phenoxy) is 1. The number of pyridine rings is 1. The van der Waals surface area contributed by atoms with Gasteiger partial charge in [-0.3, -0.25) is 4.79 Å². The first-order valence-corrected chi connectivity index (χ1v) is 9.35. The van der Waals surface area contributed by atoms with Gasteiger partial charge in [0.05, 0.1) is 5.56 Å². The lowest BCUT2D eigenvalue weighted by atomic mass is 10.0. The molecule has 1 amide bonds. The minimum absolute atomic E-state index is 0.299. The summed E-state index contributed by atoms with van der Waals surface area (Å²) in [5.74, 6) is 0.610. The molecule has 0 radical (unpaired) electrons. The van der Waals surface area contributed by atoms with Crippen LogP contribution in [0.4, 0.5) is 0 Å². The molecule has 0 saturated heterocycles. The monoisotopic (exact) mass is 375 g/mol.